The third kappa shape index (κ3) is 5.51. The van der Waals surface area contributed by atoms with E-state index in [4.69, 9.17) is 9.47 Å². The van der Waals surface area contributed by atoms with Crippen LogP contribution in [0.25, 0.3) is 22.4 Å². The zero-order valence-electron chi connectivity index (χ0n) is 21.0. The molecule has 0 saturated carbocycles. The number of carbonyl (C=O) groups is 1. The summed E-state index contributed by atoms with van der Waals surface area (Å²) in [6.07, 6.45) is 0.605. The number of benzene rings is 2. The van der Waals surface area contributed by atoms with Crippen molar-refractivity contribution in [1.82, 2.24) is 24.4 Å². The predicted molar refractivity (Wildman–Crippen MR) is 142 cm³/mol. The quantitative estimate of drug-likeness (QED) is 0.263. The Hall–Kier alpha value is -4.12. The fourth-order valence-corrected chi connectivity index (χ4v) is 4.66. The zero-order chi connectivity index (χ0) is 26.5. The number of ether oxygens (including phenoxy) is 2. The topological polar surface area (TPSA) is 117 Å². The highest BCUT2D eigenvalue weighted by Gasteiger charge is 2.19. The van der Waals surface area contributed by atoms with Crippen LogP contribution in [0, 0.1) is 0 Å². The molecular weight excluding hydrogens is 494 g/mol. The molecule has 2 aromatic heterocycles. The highest BCUT2D eigenvalue weighted by molar-refractivity contribution is 8.00. The Morgan fingerprint density at radius 1 is 0.973 bits per heavy atom. The molecule has 0 bridgehead atoms. The molecule has 0 radical (unpaired) electrons. The molecule has 0 unspecified atom stereocenters. The van der Waals surface area contributed by atoms with E-state index in [1.165, 1.54) is 11.6 Å². The van der Waals surface area contributed by atoms with Crippen LogP contribution in [0.3, 0.4) is 0 Å². The van der Waals surface area contributed by atoms with Crippen molar-refractivity contribution >= 4 is 28.7 Å². The molecule has 1 amide bonds. The van der Waals surface area contributed by atoms with Crippen molar-refractivity contribution in [2.24, 2.45) is 14.1 Å². The summed E-state index contributed by atoms with van der Waals surface area (Å²) in [7, 11) is 6.12. The second-order valence-electron chi connectivity index (χ2n) is 8.20. The molecule has 0 aliphatic rings. The largest absolute Gasteiger partial charge is 0.493 e. The van der Waals surface area contributed by atoms with Gasteiger partial charge in [-0.15, -0.1) is 0 Å². The Kier molecular flexibility index (Phi) is 7.92. The minimum absolute atomic E-state index is 0.0400. The summed E-state index contributed by atoms with van der Waals surface area (Å²) in [5.74, 6) is 1.47. The molecule has 4 rings (SSSR count). The number of methoxy groups -OCH3 is 2. The number of fused-ring (bicyclic) bond motifs is 1. The molecule has 0 saturated heterocycles. The van der Waals surface area contributed by atoms with E-state index in [1.54, 1.807) is 21.3 Å². The molecule has 192 valence electrons. The lowest BCUT2D eigenvalue weighted by molar-refractivity contribution is -0.118. The number of rotatable bonds is 9. The molecule has 0 aliphatic heterocycles. The SMILES string of the molecule is COc1ccc(CCNC(=O)CSc2nc(-c3ccccc3)nc3c2c(=O)n(C)c(=O)n3C)cc1OC. The Bertz CT molecular complexity index is 1570. The van der Waals surface area contributed by atoms with Gasteiger partial charge in [0.05, 0.1) is 20.0 Å². The number of hydrogen-bond donors (Lipinski definition) is 1. The maximum atomic E-state index is 13.0. The summed E-state index contributed by atoms with van der Waals surface area (Å²) in [6.45, 7) is 0.422. The van der Waals surface area contributed by atoms with E-state index in [2.05, 4.69) is 15.3 Å². The molecule has 0 fully saturated rings. The number of nitrogens with one attached hydrogen (secondary N) is 1. The highest BCUT2D eigenvalue weighted by Crippen LogP contribution is 2.28. The average Bonchev–Trinajstić information content (AvgIpc) is 2.93. The highest BCUT2D eigenvalue weighted by atomic mass is 32.2. The van der Waals surface area contributed by atoms with Gasteiger partial charge in [0.2, 0.25) is 5.91 Å². The molecule has 37 heavy (non-hydrogen) atoms. The van der Waals surface area contributed by atoms with Crippen LogP contribution in [0.15, 0.2) is 63.1 Å². The molecule has 0 aliphatic carbocycles. The normalized spacial score (nSPS) is 10.9. The van der Waals surface area contributed by atoms with Gasteiger partial charge in [0, 0.05) is 26.2 Å². The van der Waals surface area contributed by atoms with E-state index in [1.807, 2.05) is 48.5 Å². The van der Waals surface area contributed by atoms with Crippen LogP contribution in [0.1, 0.15) is 5.56 Å². The molecule has 1 N–H and O–H groups in total. The number of aromatic nitrogens is 4. The number of thioether (sulfide) groups is 1. The molecule has 2 aromatic carbocycles. The monoisotopic (exact) mass is 521 g/mol. The van der Waals surface area contributed by atoms with Gasteiger partial charge >= 0.3 is 5.69 Å². The maximum absolute atomic E-state index is 13.0. The summed E-state index contributed by atoms with van der Waals surface area (Å²) in [6, 6.07) is 14.9. The Balaban J connectivity index is 1.54. The van der Waals surface area contributed by atoms with Crippen LogP contribution in [-0.4, -0.2) is 51.5 Å². The molecule has 0 atom stereocenters. The minimum Gasteiger partial charge on any atom is -0.493 e. The summed E-state index contributed by atoms with van der Waals surface area (Å²) in [4.78, 5) is 47.2. The molecule has 4 aromatic rings. The van der Waals surface area contributed by atoms with E-state index in [0.29, 0.717) is 35.3 Å². The van der Waals surface area contributed by atoms with Gasteiger partial charge in [0.15, 0.2) is 23.0 Å². The van der Waals surface area contributed by atoms with Gasteiger partial charge in [-0.25, -0.2) is 14.8 Å². The zero-order valence-corrected chi connectivity index (χ0v) is 21.8. The van der Waals surface area contributed by atoms with Crippen molar-refractivity contribution < 1.29 is 14.3 Å². The van der Waals surface area contributed by atoms with Gasteiger partial charge in [-0.3, -0.25) is 18.7 Å². The first kappa shape index (κ1) is 26.0. The Morgan fingerprint density at radius 3 is 2.41 bits per heavy atom. The van der Waals surface area contributed by atoms with Crippen molar-refractivity contribution in [2.45, 2.75) is 11.4 Å². The summed E-state index contributed by atoms with van der Waals surface area (Å²) < 4.78 is 12.9. The van der Waals surface area contributed by atoms with Crippen molar-refractivity contribution in [3.8, 4) is 22.9 Å². The molecule has 11 heteroatoms. The first-order chi connectivity index (χ1) is 17.8. The van der Waals surface area contributed by atoms with E-state index < -0.39 is 11.2 Å². The van der Waals surface area contributed by atoms with Gasteiger partial charge in [-0.1, -0.05) is 48.2 Å². The summed E-state index contributed by atoms with van der Waals surface area (Å²) in [5.41, 5.74) is 0.953. The molecule has 10 nitrogen and oxygen atoms in total. The van der Waals surface area contributed by atoms with Crippen LogP contribution in [-0.2, 0) is 25.3 Å². The first-order valence-corrected chi connectivity index (χ1v) is 12.5. The van der Waals surface area contributed by atoms with Crippen LogP contribution in [0.5, 0.6) is 11.5 Å². The first-order valence-electron chi connectivity index (χ1n) is 11.5. The minimum atomic E-state index is -0.505. The number of amides is 1. The van der Waals surface area contributed by atoms with Gasteiger partial charge in [-0.05, 0) is 24.1 Å². The third-order valence-electron chi connectivity index (χ3n) is 5.82. The second-order valence-corrected chi connectivity index (χ2v) is 9.16. The van der Waals surface area contributed by atoms with Crippen LogP contribution >= 0.6 is 11.8 Å². The summed E-state index contributed by atoms with van der Waals surface area (Å²) in [5, 5.41) is 3.44. The summed E-state index contributed by atoms with van der Waals surface area (Å²) >= 11 is 1.13. The van der Waals surface area contributed by atoms with Crippen molar-refractivity contribution in [3.63, 3.8) is 0 Å². The van der Waals surface area contributed by atoms with E-state index in [9.17, 15) is 14.4 Å². The van der Waals surface area contributed by atoms with Crippen LogP contribution < -0.4 is 26.0 Å². The van der Waals surface area contributed by atoms with Gasteiger partial charge in [-0.2, -0.15) is 0 Å². The van der Waals surface area contributed by atoms with E-state index in [0.717, 1.165) is 27.5 Å². The smallest absolute Gasteiger partial charge is 0.332 e. The van der Waals surface area contributed by atoms with Crippen molar-refractivity contribution in [2.75, 3.05) is 26.5 Å². The van der Waals surface area contributed by atoms with Gasteiger partial charge in [0.25, 0.3) is 5.56 Å². The van der Waals surface area contributed by atoms with Gasteiger partial charge in [0.1, 0.15) is 10.4 Å². The fourth-order valence-electron chi connectivity index (χ4n) is 3.82. The second kappa shape index (κ2) is 11.3. The molecule has 0 spiro atoms. The lowest BCUT2D eigenvalue weighted by Crippen LogP contribution is -2.37. The average molecular weight is 522 g/mol. The lowest BCUT2D eigenvalue weighted by Gasteiger charge is -2.12. The van der Waals surface area contributed by atoms with E-state index in [-0.39, 0.29) is 22.7 Å². The van der Waals surface area contributed by atoms with Crippen LogP contribution in [0.2, 0.25) is 0 Å². The van der Waals surface area contributed by atoms with Crippen molar-refractivity contribution in [3.05, 3.63) is 74.9 Å². The third-order valence-corrected chi connectivity index (χ3v) is 6.80. The maximum Gasteiger partial charge on any atom is 0.332 e. The molecular formula is C26H27N5O5S. The lowest BCUT2D eigenvalue weighted by atomic mass is 10.1. The number of nitrogens with zero attached hydrogens (tertiary/aromatic N) is 4. The number of hydrogen-bond acceptors (Lipinski definition) is 8. The standard InChI is InChI=1S/C26H27N5O5S/c1-30-23-21(25(33)31(2)26(30)34)24(29-22(28-23)17-8-6-5-7-9-17)37-15-20(32)27-13-12-16-10-11-18(35-3)19(14-16)36-4/h5-11,14H,12-13,15H2,1-4H3,(H,27,32). The predicted octanol–water partition coefficient (Wildman–Crippen LogP) is 2.16. The Morgan fingerprint density at radius 2 is 1.70 bits per heavy atom. The molecule has 2 heterocycles. The fraction of sp³-hybridized carbons (Fsp3) is 0.269. The van der Waals surface area contributed by atoms with E-state index >= 15 is 0 Å². The van der Waals surface area contributed by atoms with Crippen molar-refractivity contribution in [1.29, 1.82) is 0 Å². The number of aryl methyl sites for hydroxylation is 1. The number of carbonyl (C=O) groups excluding carboxylic acids is 1. The Labute approximate surface area is 217 Å². The van der Waals surface area contributed by atoms with Crippen LogP contribution in [0.4, 0.5) is 0 Å². The van der Waals surface area contributed by atoms with Gasteiger partial charge < -0.3 is 14.8 Å².